The van der Waals surface area contributed by atoms with Crippen LogP contribution >= 0.6 is 23.4 Å². The fraction of sp³-hybridized carbons (Fsp3) is 1.00. The first-order chi connectivity index (χ1) is 6.33. The molecule has 0 aliphatic heterocycles. The molecule has 0 aromatic rings. The van der Waals surface area contributed by atoms with Gasteiger partial charge in [-0.15, -0.1) is 11.6 Å². The van der Waals surface area contributed by atoms with E-state index in [1.54, 1.807) is 0 Å². The Labute approximate surface area is 91.8 Å². The van der Waals surface area contributed by atoms with Crippen LogP contribution in [0.3, 0.4) is 0 Å². The maximum atomic E-state index is 6.22. The van der Waals surface area contributed by atoms with E-state index in [-0.39, 0.29) is 0 Å². The van der Waals surface area contributed by atoms with Crippen molar-refractivity contribution in [2.75, 3.05) is 11.5 Å². The standard InChI is InChI=1S/C11H21ClS/c1-2-13-8-7-10-5-3-4-6-11(12)9-10/h10-11H,2-9H2,1H3. The Kier molecular flexibility index (Phi) is 6.31. The molecule has 0 N–H and O–H groups in total. The Morgan fingerprint density at radius 1 is 1.31 bits per heavy atom. The minimum Gasteiger partial charge on any atom is -0.162 e. The van der Waals surface area contributed by atoms with Gasteiger partial charge in [0.1, 0.15) is 0 Å². The average Bonchev–Trinajstić information content (AvgIpc) is 2.31. The molecule has 2 heteroatoms. The van der Waals surface area contributed by atoms with Crippen molar-refractivity contribution in [3.8, 4) is 0 Å². The molecule has 0 bridgehead atoms. The summed E-state index contributed by atoms with van der Waals surface area (Å²) in [4.78, 5) is 0. The Morgan fingerprint density at radius 2 is 2.08 bits per heavy atom. The Hall–Kier alpha value is 0.640. The highest BCUT2D eigenvalue weighted by molar-refractivity contribution is 7.99. The predicted octanol–water partition coefficient (Wildman–Crippen LogP) is 4.32. The second-order valence-electron chi connectivity index (χ2n) is 3.97. The molecule has 1 aliphatic rings. The van der Waals surface area contributed by atoms with Gasteiger partial charge in [-0.05, 0) is 36.7 Å². The number of hydrogen-bond acceptors (Lipinski definition) is 1. The van der Waals surface area contributed by atoms with E-state index in [4.69, 9.17) is 11.6 Å². The predicted molar refractivity (Wildman–Crippen MR) is 63.8 cm³/mol. The van der Waals surface area contributed by atoms with Gasteiger partial charge >= 0.3 is 0 Å². The van der Waals surface area contributed by atoms with E-state index >= 15 is 0 Å². The van der Waals surface area contributed by atoms with Crippen LogP contribution < -0.4 is 0 Å². The summed E-state index contributed by atoms with van der Waals surface area (Å²) in [6.07, 6.45) is 8.09. The van der Waals surface area contributed by atoms with Crippen molar-refractivity contribution in [1.29, 1.82) is 0 Å². The molecule has 0 aromatic heterocycles. The van der Waals surface area contributed by atoms with E-state index in [0.29, 0.717) is 5.38 Å². The first-order valence-electron chi connectivity index (χ1n) is 5.54. The molecule has 1 saturated carbocycles. The molecule has 0 spiro atoms. The largest absolute Gasteiger partial charge is 0.162 e. The second kappa shape index (κ2) is 7.00. The van der Waals surface area contributed by atoms with Gasteiger partial charge in [-0.2, -0.15) is 11.8 Å². The summed E-state index contributed by atoms with van der Waals surface area (Å²) in [5, 5.41) is 0.471. The van der Waals surface area contributed by atoms with Gasteiger partial charge in [0.25, 0.3) is 0 Å². The van der Waals surface area contributed by atoms with Gasteiger partial charge in [0.2, 0.25) is 0 Å². The van der Waals surface area contributed by atoms with Crippen LogP contribution in [-0.4, -0.2) is 16.9 Å². The van der Waals surface area contributed by atoms with E-state index in [1.165, 1.54) is 50.0 Å². The monoisotopic (exact) mass is 220 g/mol. The fourth-order valence-corrected chi connectivity index (χ4v) is 3.25. The van der Waals surface area contributed by atoms with Crippen LogP contribution in [0.15, 0.2) is 0 Å². The minimum atomic E-state index is 0.471. The topological polar surface area (TPSA) is 0 Å². The van der Waals surface area contributed by atoms with Gasteiger partial charge in [-0.1, -0.05) is 26.2 Å². The molecular formula is C11H21ClS. The summed E-state index contributed by atoms with van der Waals surface area (Å²) in [7, 11) is 0. The zero-order valence-electron chi connectivity index (χ0n) is 8.60. The normalized spacial score (nSPS) is 30.0. The number of thioether (sulfide) groups is 1. The quantitative estimate of drug-likeness (QED) is 0.387. The van der Waals surface area contributed by atoms with Gasteiger partial charge < -0.3 is 0 Å². The molecule has 0 radical (unpaired) electrons. The summed E-state index contributed by atoms with van der Waals surface area (Å²) in [6.45, 7) is 2.24. The van der Waals surface area contributed by atoms with E-state index < -0.39 is 0 Å². The Morgan fingerprint density at radius 3 is 2.85 bits per heavy atom. The molecule has 1 rings (SSSR count). The van der Waals surface area contributed by atoms with Crippen LogP contribution in [-0.2, 0) is 0 Å². The lowest BCUT2D eigenvalue weighted by molar-refractivity contribution is 0.452. The lowest BCUT2D eigenvalue weighted by Gasteiger charge is -2.15. The maximum absolute atomic E-state index is 6.22. The molecular weight excluding hydrogens is 200 g/mol. The van der Waals surface area contributed by atoms with Crippen LogP contribution in [0, 0.1) is 5.92 Å². The summed E-state index contributed by atoms with van der Waals surface area (Å²) in [5.74, 6) is 3.52. The zero-order chi connectivity index (χ0) is 9.52. The highest BCUT2D eigenvalue weighted by Crippen LogP contribution is 2.29. The number of halogens is 1. The lowest BCUT2D eigenvalue weighted by atomic mass is 9.98. The zero-order valence-corrected chi connectivity index (χ0v) is 10.2. The summed E-state index contributed by atoms with van der Waals surface area (Å²) in [6, 6.07) is 0. The third-order valence-corrected chi connectivity index (χ3v) is 4.17. The molecule has 0 aromatic carbocycles. The van der Waals surface area contributed by atoms with E-state index in [9.17, 15) is 0 Å². The maximum Gasteiger partial charge on any atom is 0.0338 e. The van der Waals surface area contributed by atoms with Gasteiger partial charge in [0, 0.05) is 5.38 Å². The van der Waals surface area contributed by atoms with Crippen molar-refractivity contribution in [2.45, 2.75) is 50.8 Å². The summed E-state index contributed by atoms with van der Waals surface area (Å²) < 4.78 is 0. The Balaban J connectivity index is 2.15. The van der Waals surface area contributed by atoms with Gasteiger partial charge in [0.05, 0.1) is 0 Å². The third kappa shape index (κ3) is 5.17. The van der Waals surface area contributed by atoms with Crippen molar-refractivity contribution >= 4 is 23.4 Å². The highest BCUT2D eigenvalue weighted by Gasteiger charge is 2.17. The van der Waals surface area contributed by atoms with Gasteiger partial charge in [0.15, 0.2) is 0 Å². The van der Waals surface area contributed by atoms with Crippen molar-refractivity contribution in [3.05, 3.63) is 0 Å². The molecule has 2 unspecified atom stereocenters. The molecule has 2 atom stereocenters. The second-order valence-corrected chi connectivity index (χ2v) is 5.98. The van der Waals surface area contributed by atoms with E-state index in [1.807, 2.05) is 0 Å². The molecule has 0 amide bonds. The molecule has 1 aliphatic carbocycles. The molecule has 13 heavy (non-hydrogen) atoms. The SMILES string of the molecule is CCSCCC1CCCCC(Cl)C1. The fourth-order valence-electron chi connectivity index (χ4n) is 2.05. The highest BCUT2D eigenvalue weighted by atomic mass is 35.5. The summed E-state index contributed by atoms with van der Waals surface area (Å²) >= 11 is 8.29. The number of rotatable bonds is 4. The first kappa shape index (κ1) is 11.7. The van der Waals surface area contributed by atoms with Crippen molar-refractivity contribution in [1.82, 2.24) is 0 Å². The molecule has 0 saturated heterocycles. The minimum absolute atomic E-state index is 0.471. The molecule has 78 valence electrons. The Bertz CT molecular complexity index is 127. The van der Waals surface area contributed by atoms with Crippen LogP contribution in [0.5, 0.6) is 0 Å². The van der Waals surface area contributed by atoms with Crippen molar-refractivity contribution < 1.29 is 0 Å². The smallest absolute Gasteiger partial charge is 0.0338 e. The van der Waals surface area contributed by atoms with Crippen LogP contribution in [0.2, 0.25) is 0 Å². The lowest BCUT2D eigenvalue weighted by Crippen LogP contribution is -2.06. The van der Waals surface area contributed by atoms with Gasteiger partial charge in [-0.25, -0.2) is 0 Å². The third-order valence-electron chi connectivity index (χ3n) is 2.84. The average molecular weight is 221 g/mol. The summed E-state index contributed by atoms with van der Waals surface area (Å²) in [5.41, 5.74) is 0. The van der Waals surface area contributed by atoms with E-state index in [0.717, 1.165) is 5.92 Å². The van der Waals surface area contributed by atoms with Gasteiger partial charge in [-0.3, -0.25) is 0 Å². The van der Waals surface area contributed by atoms with Crippen molar-refractivity contribution in [2.24, 2.45) is 5.92 Å². The van der Waals surface area contributed by atoms with Crippen LogP contribution in [0.4, 0.5) is 0 Å². The number of alkyl halides is 1. The van der Waals surface area contributed by atoms with Crippen LogP contribution in [0.25, 0.3) is 0 Å². The molecule has 0 heterocycles. The number of hydrogen-bond donors (Lipinski definition) is 0. The molecule has 0 nitrogen and oxygen atoms in total. The first-order valence-corrected chi connectivity index (χ1v) is 7.14. The van der Waals surface area contributed by atoms with E-state index in [2.05, 4.69) is 18.7 Å². The van der Waals surface area contributed by atoms with Crippen molar-refractivity contribution in [3.63, 3.8) is 0 Å². The van der Waals surface area contributed by atoms with Crippen LogP contribution in [0.1, 0.15) is 45.4 Å². The molecule has 1 fully saturated rings.